The summed E-state index contributed by atoms with van der Waals surface area (Å²) in [6, 6.07) is 5.39. The highest BCUT2D eigenvalue weighted by atomic mass is 19.4. The van der Waals surface area contributed by atoms with E-state index < -0.39 is 6.36 Å². The molecule has 0 spiro atoms. The number of allylic oxidation sites excluding steroid dienone is 2. The minimum Gasteiger partial charge on any atom is -0.465 e. The van der Waals surface area contributed by atoms with Crippen LogP contribution in [0.4, 0.5) is 18.9 Å². The monoisotopic (exact) mass is 384 g/mol. The lowest BCUT2D eigenvalue weighted by Crippen LogP contribution is -2.31. The quantitative estimate of drug-likeness (QED) is 0.733. The topological polar surface area (TPSA) is 59.9 Å². The molecule has 0 saturated heterocycles. The number of carbonyl (C=O) groups excluding carboxylic acids is 1. The summed E-state index contributed by atoms with van der Waals surface area (Å²) in [6.07, 6.45) is -1.39. The Balaban J connectivity index is 2.12. The molecule has 148 valence electrons. The highest BCUT2D eigenvalue weighted by Crippen LogP contribution is 2.34. The van der Waals surface area contributed by atoms with Crippen molar-refractivity contribution in [3.8, 4) is 5.75 Å². The van der Waals surface area contributed by atoms with Crippen molar-refractivity contribution in [3.63, 3.8) is 0 Å². The lowest BCUT2D eigenvalue weighted by atomic mass is 9.78. The van der Waals surface area contributed by atoms with E-state index in [1.54, 1.807) is 6.92 Å². The molecule has 0 fully saturated rings. The summed E-state index contributed by atoms with van der Waals surface area (Å²) in [5, 5.41) is 3.07. The van der Waals surface area contributed by atoms with E-state index in [2.05, 4.69) is 28.9 Å². The second-order valence-corrected chi connectivity index (χ2v) is 6.99. The standard InChI is InChI=1S/C19H23F3N2O3/c1-4-26-17(25)12-23-14-9-15(11-18(2,3)10-14)24-13-5-7-16(8-6-13)27-19(20,21)22/h5-9,23H,4,10-12H2,1-3H3/b24-15-. The lowest BCUT2D eigenvalue weighted by Gasteiger charge is -2.31. The first-order valence-electron chi connectivity index (χ1n) is 8.60. The Morgan fingerprint density at radius 3 is 2.48 bits per heavy atom. The molecule has 0 bridgehead atoms. The minimum absolute atomic E-state index is 0.0656. The van der Waals surface area contributed by atoms with Crippen LogP contribution in [0.25, 0.3) is 0 Å². The van der Waals surface area contributed by atoms with Gasteiger partial charge in [0.15, 0.2) is 0 Å². The van der Waals surface area contributed by atoms with Crippen LogP contribution in [0.15, 0.2) is 41.0 Å². The van der Waals surface area contributed by atoms with Crippen molar-refractivity contribution in [2.45, 2.75) is 40.0 Å². The van der Waals surface area contributed by atoms with Crippen LogP contribution >= 0.6 is 0 Å². The van der Waals surface area contributed by atoms with Gasteiger partial charge in [0.05, 0.1) is 12.3 Å². The number of ether oxygens (including phenoxy) is 2. The van der Waals surface area contributed by atoms with Gasteiger partial charge < -0.3 is 14.8 Å². The van der Waals surface area contributed by atoms with E-state index in [4.69, 9.17) is 4.74 Å². The van der Waals surface area contributed by atoms with Crippen molar-refractivity contribution < 1.29 is 27.4 Å². The van der Waals surface area contributed by atoms with Gasteiger partial charge in [-0.3, -0.25) is 9.79 Å². The maximum atomic E-state index is 12.2. The molecule has 1 N–H and O–H groups in total. The zero-order valence-electron chi connectivity index (χ0n) is 15.5. The molecular weight excluding hydrogens is 361 g/mol. The van der Waals surface area contributed by atoms with E-state index in [1.807, 2.05) is 6.08 Å². The van der Waals surface area contributed by atoms with E-state index in [0.717, 1.165) is 17.8 Å². The van der Waals surface area contributed by atoms with Gasteiger partial charge in [-0.25, -0.2) is 0 Å². The van der Waals surface area contributed by atoms with Gasteiger partial charge in [0.1, 0.15) is 12.3 Å². The molecule has 2 rings (SSSR count). The Kier molecular flexibility index (Phi) is 6.51. The normalized spacial score (nSPS) is 18.0. The molecule has 5 nitrogen and oxygen atoms in total. The van der Waals surface area contributed by atoms with Crippen LogP contribution in [0.2, 0.25) is 0 Å². The van der Waals surface area contributed by atoms with Crippen LogP contribution < -0.4 is 10.1 Å². The number of hydrogen-bond acceptors (Lipinski definition) is 5. The molecule has 0 atom stereocenters. The molecule has 0 saturated carbocycles. The third-order valence-electron chi connectivity index (χ3n) is 3.78. The molecule has 0 aliphatic heterocycles. The molecule has 0 unspecified atom stereocenters. The van der Waals surface area contributed by atoms with Crippen LogP contribution in [0.3, 0.4) is 0 Å². The Labute approximate surface area is 156 Å². The molecule has 1 aromatic carbocycles. The summed E-state index contributed by atoms with van der Waals surface area (Å²) in [4.78, 5) is 16.0. The van der Waals surface area contributed by atoms with Crippen molar-refractivity contribution in [1.82, 2.24) is 5.32 Å². The van der Waals surface area contributed by atoms with Gasteiger partial charge in [-0.15, -0.1) is 13.2 Å². The minimum atomic E-state index is -4.72. The number of carbonyl (C=O) groups is 1. The van der Waals surface area contributed by atoms with Gasteiger partial charge in [0, 0.05) is 11.4 Å². The Hall–Kier alpha value is -2.51. The van der Waals surface area contributed by atoms with E-state index in [0.29, 0.717) is 18.7 Å². The van der Waals surface area contributed by atoms with E-state index in [1.165, 1.54) is 24.3 Å². The summed E-state index contributed by atoms with van der Waals surface area (Å²) in [7, 11) is 0. The van der Waals surface area contributed by atoms with Crippen molar-refractivity contribution in [1.29, 1.82) is 0 Å². The number of nitrogens with zero attached hydrogens (tertiary/aromatic N) is 1. The van der Waals surface area contributed by atoms with Gasteiger partial charge in [-0.2, -0.15) is 0 Å². The maximum absolute atomic E-state index is 12.2. The third kappa shape index (κ3) is 7.32. The third-order valence-corrected chi connectivity index (χ3v) is 3.78. The van der Waals surface area contributed by atoms with Gasteiger partial charge in [-0.05, 0) is 55.5 Å². The van der Waals surface area contributed by atoms with Gasteiger partial charge in [-0.1, -0.05) is 13.8 Å². The Morgan fingerprint density at radius 2 is 1.89 bits per heavy atom. The molecule has 0 aromatic heterocycles. The van der Waals surface area contributed by atoms with Crippen LogP contribution in [0.5, 0.6) is 5.75 Å². The molecule has 0 amide bonds. The summed E-state index contributed by atoms with van der Waals surface area (Å²) >= 11 is 0. The van der Waals surface area contributed by atoms with E-state index >= 15 is 0 Å². The number of benzene rings is 1. The maximum Gasteiger partial charge on any atom is 0.573 e. The summed E-state index contributed by atoms with van der Waals surface area (Å²) in [5.74, 6) is -0.622. The van der Waals surface area contributed by atoms with Crippen LogP contribution in [0.1, 0.15) is 33.6 Å². The predicted octanol–water partition coefficient (Wildman–Crippen LogP) is 4.51. The SMILES string of the molecule is CCOC(=O)CNC1=C/C(=N/c2ccc(OC(F)(F)F)cc2)CC(C)(C)C1. The summed E-state index contributed by atoms with van der Waals surface area (Å²) < 4.78 is 45.4. The number of esters is 1. The fourth-order valence-electron chi connectivity index (χ4n) is 2.84. The van der Waals surface area contributed by atoms with Crippen LogP contribution in [0, 0.1) is 5.41 Å². The first-order chi connectivity index (χ1) is 12.6. The van der Waals surface area contributed by atoms with E-state index in [-0.39, 0.29) is 23.7 Å². The number of alkyl halides is 3. The molecule has 0 radical (unpaired) electrons. The molecular formula is C19H23F3N2O3. The first-order valence-corrected chi connectivity index (χ1v) is 8.60. The van der Waals surface area contributed by atoms with Crippen molar-refractivity contribution in [3.05, 3.63) is 36.0 Å². The number of rotatable bonds is 6. The zero-order valence-corrected chi connectivity index (χ0v) is 15.5. The number of halogens is 3. The van der Waals surface area contributed by atoms with Crippen LogP contribution in [-0.2, 0) is 9.53 Å². The van der Waals surface area contributed by atoms with Gasteiger partial charge >= 0.3 is 12.3 Å². The average Bonchev–Trinajstić information content (AvgIpc) is 2.52. The summed E-state index contributed by atoms with van der Waals surface area (Å²) in [5.41, 5.74) is 2.11. The summed E-state index contributed by atoms with van der Waals surface area (Å²) in [6.45, 7) is 6.32. The predicted molar refractivity (Wildman–Crippen MR) is 96.0 cm³/mol. The van der Waals surface area contributed by atoms with Crippen LogP contribution in [-0.4, -0.2) is 31.2 Å². The fraction of sp³-hybridized carbons (Fsp3) is 0.474. The molecule has 27 heavy (non-hydrogen) atoms. The highest BCUT2D eigenvalue weighted by molar-refractivity contribution is 5.98. The smallest absolute Gasteiger partial charge is 0.465 e. The number of aliphatic imine (C=N–C) groups is 1. The average molecular weight is 384 g/mol. The first kappa shape index (κ1) is 20.8. The van der Waals surface area contributed by atoms with Gasteiger partial charge in [0.25, 0.3) is 0 Å². The van der Waals surface area contributed by atoms with Gasteiger partial charge in [0.2, 0.25) is 0 Å². The number of hydrogen-bond donors (Lipinski definition) is 1. The lowest BCUT2D eigenvalue weighted by molar-refractivity contribution is -0.274. The molecule has 1 aromatic rings. The number of nitrogens with one attached hydrogen (secondary N) is 1. The van der Waals surface area contributed by atoms with Crippen molar-refractivity contribution >= 4 is 17.4 Å². The van der Waals surface area contributed by atoms with Crippen molar-refractivity contribution in [2.24, 2.45) is 10.4 Å². The molecule has 1 aliphatic rings. The van der Waals surface area contributed by atoms with Crippen molar-refractivity contribution in [2.75, 3.05) is 13.2 Å². The Morgan fingerprint density at radius 1 is 1.22 bits per heavy atom. The largest absolute Gasteiger partial charge is 0.573 e. The fourth-order valence-corrected chi connectivity index (χ4v) is 2.84. The molecule has 8 heteroatoms. The molecule has 1 aliphatic carbocycles. The van der Waals surface area contributed by atoms with E-state index in [9.17, 15) is 18.0 Å². The second kappa shape index (κ2) is 8.45. The zero-order chi connectivity index (χ0) is 20.1. The molecule has 0 heterocycles. The Bertz CT molecular complexity index is 723. The highest BCUT2D eigenvalue weighted by Gasteiger charge is 2.31. The second-order valence-electron chi connectivity index (χ2n) is 6.99.